The molecule has 0 aliphatic heterocycles. The Hall–Kier alpha value is -2.16. The van der Waals surface area contributed by atoms with Gasteiger partial charge in [-0.05, 0) is 42.3 Å². The van der Waals surface area contributed by atoms with Gasteiger partial charge < -0.3 is 5.11 Å². The number of hydrogen-bond donors (Lipinski definition) is 1. The molecule has 0 aliphatic carbocycles. The van der Waals surface area contributed by atoms with Crippen LogP contribution in [0, 0.1) is 6.92 Å². The van der Waals surface area contributed by atoms with Crippen molar-refractivity contribution < 1.29 is 9.90 Å². The number of aromatic carboxylic acids is 1. The third-order valence-electron chi connectivity index (χ3n) is 2.34. The van der Waals surface area contributed by atoms with Gasteiger partial charge in [-0.15, -0.1) is 0 Å². The second kappa shape index (κ2) is 4.14. The Balaban J connectivity index is 2.48. The van der Waals surface area contributed by atoms with E-state index in [1.54, 1.807) is 24.4 Å². The van der Waals surface area contributed by atoms with E-state index >= 15 is 0 Å². The molecule has 16 heavy (non-hydrogen) atoms. The SMILES string of the molecule is Cc1cc(-c2cccc(C(=O)O)c2)ccn1. The summed E-state index contributed by atoms with van der Waals surface area (Å²) in [7, 11) is 0. The van der Waals surface area contributed by atoms with E-state index in [0.717, 1.165) is 16.8 Å². The number of hydrogen-bond acceptors (Lipinski definition) is 2. The van der Waals surface area contributed by atoms with Gasteiger partial charge in [-0.3, -0.25) is 4.98 Å². The maximum atomic E-state index is 10.8. The summed E-state index contributed by atoms with van der Waals surface area (Å²) in [6, 6.07) is 10.7. The van der Waals surface area contributed by atoms with Gasteiger partial charge in [-0.2, -0.15) is 0 Å². The lowest BCUT2D eigenvalue weighted by Crippen LogP contribution is -1.95. The molecule has 0 aliphatic rings. The Labute approximate surface area is 93.4 Å². The number of rotatable bonds is 2. The molecule has 1 aromatic carbocycles. The average Bonchev–Trinajstić information content (AvgIpc) is 2.29. The molecule has 80 valence electrons. The maximum Gasteiger partial charge on any atom is 0.335 e. The summed E-state index contributed by atoms with van der Waals surface area (Å²) < 4.78 is 0. The summed E-state index contributed by atoms with van der Waals surface area (Å²) in [6.45, 7) is 1.91. The molecular formula is C13H11NO2. The minimum atomic E-state index is -0.910. The highest BCUT2D eigenvalue weighted by atomic mass is 16.4. The van der Waals surface area contributed by atoms with Crippen LogP contribution >= 0.6 is 0 Å². The summed E-state index contributed by atoms with van der Waals surface area (Å²) in [5, 5.41) is 8.90. The van der Waals surface area contributed by atoms with Crippen molar-refractivity contribution in [1.29, 1.82) is 0 Å². The Morgan fingerprint density at radius 1 is 1.19 bits per heavy atom. The number of aromatic nitrogens is 1. The Morgan fingerprint density at radius 2 is 1.94 bits per heavy atom. The number of aryl methyl sites for hydroxylation is 1. The van der Waals surface area contributed by atoms with Crippen LogP contribution in [0.5, 0.6) is 0 Å². The summed E-state index contributed by atoms with van der Waals surface area (Å²) in [4.78, 5) is 14.9. The van der Waals surface area contributed by atoms with Crippen LogP contribution in [-0.4, -0.2) is 16.1 Å². The van der Waals surface area contributed by atoms with Gasteiger partial charge in [0.25, 0.3) is 0 Å². The minimum Gasteiger partial charge on any atom is -0.478 e. The molecule has 0 fully saturated rings. The number of carboxylic acids is 1. The van der Waals surface area contributed by atoms with Gasteiger partial charge in [0, 0.05) is 11.9 Å². The number of nitrogens with zero attached hydrogens (tertiary/aromatic N) is 1. The number of benzene rings is 1. The summed E-state index contributed by atoms with van der Waals surface area (Å²) in [5.74, 6) is -0.910. The molecule has 2 rings (SSSR count). The normalized spacial score (nSPS) is 10.1. The van der Waals surface area contributed by atoms with Gasteiger partial charge in [0.15, 0.2) is 0 Å². The molecule has 1 heterocycles. The lowest BCUT2D eigenvalue weighted by Gasteiger charge is -2.03. The van der Waals surface area contributed by atoms with Crippen LogP contribution in [0.4, 0.5) is 0 Å². The molecule has 0 unspecified atom stereocenters. The lowest BCUT2D eigenvalue weighted by molar-refractivity contribution is 0.0697. The second-order valence-corrected chi connectivity index (χ2v) is 3.57. The highest BCUT2D eigenvalue weighted by Crippen LogP contribution is 2.20. The van der Waals surface area contributed by atoms with E-state index in [4.69, 9.17) is 5.11 Å². The molecule has 3 heteroatoms. The van der Waals surface area contributed by atoms with E-state index in [0.29, 0.717) is 5.56 Å². The minimum absolute atomic E-state index is 0.298. The lowest BCUT2D eigenvalue weighted by atomic mass is 10.0. The smallest absolute Gasteiger partial charge is 0.335 e. The molecule has 3 nitrogen and oxygen atoms in total. The zero-order valence-corrected chi connectivity index (χ0v) is 8.84. The van der Waals surface area contributed by atoms with Crippen LogP contribution in [-0.2, 0) is 0 Å². The van der Waals surface area contributed by atoms with Crippen LogP contribution in [0.3, 0.4) is 0 Å². The molecule has 0 atom stereocenters. The quantitative estimate of drug-likeness (QED) is 0.834. The third kappa shape index (κ3) is 2.08. The van der Waals surface area contributed by atoms with Crippen LogP contribution in [0.2, 0.25) is 0 Å². The van der Waals surface area contributed by atoms with E-state index in [1.165, 1.54) is 0 Å². The first-order valence-electron chi connectivity index (χ1n) is 4.93. The van der Waals surface area contributed by atoms with E-state index in [2.05, 4.69) is 4.98 Å². The van der Waals surface area contributed by atoms with Crippen molar-refractivity contribution in [2.45, 2.75) is 6.92 Å². The highest BCUT2D eigenvalue weighted by Gasteiger charge is 2.04. The molecule has 0 amide bonds. The van der Waals surface area contributed by atoms with E-state index < -0.39 is 5.97 Å². The second-order valence-electron chi connectivity index (χ2n) is 3.57. The van der Waals surface area contributed by atoms with Gasteiger partial charge in [-0.25, -0.2) is 4.79 Å². The molecule has 0 saturated carbocycles. The fourth-order valence-electron chi connectivity index (χ4n) is 1.56. The number of carboxylic acid groups (broad SMARTS) is 1. The molecular weight excluding hydrogens is 202 g/mol. The van der Waals surface area contributed by atoms with Crippen LogP contribution in [0.25, 0.3) is 11.1 Å². The van der Waals surface area contributed by atoms with Crippen molar-refractivity contribution in [2.24, 2.45) is 0 Å². The Kier molecular flexibility index (Phi) is 2.68. The van der Waals surface area contributed by atoms with E-state index in [-0.39, 0.29) is 0 Å². The summed E-state index contributed by atoms with van der Waals surface area (Å²) >= 11 is 0. The molecule has 0 bridgehead atoms. The van der Waals surface area contributed by atoms with Gasteiger partial charge >= 0.3 is 5.97 Å². The van der Waals surface area contributed by atoms with Crippen molar-refractivity contribution in [2.75, 3.05) is 0 Å². The van der Waals surface area contributed by atoms with E-state index in [1.807, 2.05) is 25.1 Å². The first-order valence-corrected chi connectivity index (χ1v) is 4.93. The van der Waals surface area contributed by atoms with Crippen molar-refractivity contribution in [1.82, 2.24) is 4.98 Å². The van der Waals surface area contributed by atoms with Crippen molar-refractivity contribution in [3.63, 3.8) is 0 Å². The van der Waals surface area contributed by atoms with Gasteiger partial charge in [0.05, 0.1) is 5.56 Å². The van der Waals surface area contributed by atoms with Crippen LogP contribution < -0.4 is 0 Å². The summed E-state index contributed by atoms with van der Waals surface area (Å²) in [5.41, 5.74) is 3.09. The van der Waals surface area contributed by atoms with Crippen LogP contribution in [0.1, 0.15) is 16.1 Å². The predicted octanol–water partition coefficient (Wildman–Crippen LogP) is 2.76. The third-order valence-corrected chi connectivity index (χ3v) is 2.34. The van der Waals surface area contributed by atoms with Gasteiger partial charge in [0.2, 0.25) is 0 Å². The molecule has 0 radical (unpaired) electrons. The van der Waals surface area contributed by atoms with Crippen molar-refractivity contribution >= 4 is 5.97 Å². The van der Waals surface area contributed by atoms with Crippen LogP contribution in [0.15, 0.2) is 42.6 Å². The van der Waals surface area contributed by atoms with Crippen molar-refractivity contribution in [3.05, 3.63) is 53.9 Å². The largest absolute Gasteiger partial charge is 0.478 e. The zero-order chi connectivity index (χ0) is 11.5. The molecule has 1 N–H and O–H groups in total. The first kappa shape index (κ1) is 10.4. The first-order chi connectivity index (χ1) is 7.66. The van der Waals surface area contributed by atoms with E-state index in [9.17, 15) is 4.79 Å². The molecule has 1 aromatic heterocycles. The highest BCUT2D eigenvalue weighted by molar-refractivity contribution is 5.89. The number of pyridine rings is 1. The van der Waals surface area contributed by atoms with Gasteiger partial charge in [-0.1, -0.05) is 12.1 Å². The predicted molar refractivity (Wildman–Crippen MR) is 61.4 cm³/mol. The topological polar surface area (TPSA) is 50.2 Å². The summed E-state index contributed by atoms with van der Waals surface area (Å²) in [6.07, 6.45) is 1.72. The fourth-order valence-corrected chi connectivity index (χ4v) is 1.56. The molecule has 0 saturated heterocycles. The molecule has 0 spiro atoms. The monoisotopic (exact) mass is 213 g/mol. The Bertz CT molecular complexity index is 535. The Morgan fingerprint density at radius 3 is 2.62 bits per heavy atom. The zero-order valence-electron chi connectivity index (χ0n) is 8.84. The molecule has 2 aromatic rings. The average molecular weight is 213 g/mol. The van der Waals surface area contributed by atoms with Gasteiger partial charge in [0.1, 0.15) is 0 Å². The standard InChI is InChI=1S/C13H11NO2/c1-9-7-11(5-6-14-9)10-3-2-4-12(8-10)13(15)16/h2-8H,1H3,(H,15,16). The maximum absolute atomic E-state index is 10.8. The number of carbonyl (C=O) groups is 1. The van der Waals surface area contributed by atoms with Crippen molar-refractivity contribution in [3.8, 4) is 11.1 Å². The fraction of sp³-hybridized carbons (Fsp3) is 0.0769.